The van der Waals surface area contributed by atoms with Crippen molar-refractivity contribution in [2.75, 3.05) is 5.75 Å². The average molecular weight is 428 g/mol. The third-order valence-corrected chi connectivity index (χ3v) is 6.86. The summed E-state index contributed by atoms with van der Waals surface area (Å²) in [5, 5.41) is 4.75. The van der Waals surface area contributed by atoms with E-state index < -0.39 is 0 Å². The van der Waals surface area contributed by atoms with Crippen molar-refractivity contribution in [3.05, 3.63) is 59.1 Å². The fraction of sp³-hybridized carbons (Fsp3) is 0.391. The number of hydrogen-bond acceptors (Lipinski definition) is 3. The summed E-state index contributed by atoms with van der Waals surface area (Å²) in [5.74, 6) is 1.02. The topological polar surface area (TPSA) is 46.9 Å². The number of hydrogen-bond donors (Lipinski definition) is 1. The first-order chi connectivity index (χ1) is 14.1. The lowest BCUT2D eigenvalue weighted by Crippen LogP contribution is -2.41. The molecule has 0 radical (unpaired) electrons. The van der Waals surface area contributed by atoms with E-state index in [9.17, 15) is 4.79 Å². The highest BCUT2D eigenvalue weighted by atomic mass is 35.5. The van der Waals surface area contributed by atoms with Gasteiger partial charge < -0.3 is 9.88 Å². The van der Waals surface area contributed by atoms with E-state index in [4.69, 9.17) is 16.6 Å². The van der Waals surface area contributed by atoms with E-state index in [0.29, 0.717) is 29.3 Å². The summed E-state index contributed by atoms with van der Waals surface area (Å²) < 4.78 is 2.17. The second-order valence-corrected chi connectivity index (χ2v) is 9.20. The highest BCUT2D eigenvalue weighted by Gasteiger charge is 2.23. The number of imidazole rings is 1. The Hall–Kier alpha value is -1.98. The van der Waals surface area contributed by atoms with Crippen molar-refractivity contribution < 1.29 is 4.79 Å². The van der Waals surface area contributed by atoms with E-state index in [-0.39, 0.29) is 5.91 Å². The molecule has 2 aromatic carbocycles. The van der Waals surface area contributed by atoms with Crippen LogP contribution >= 0.6 is 23.4 Å². The Morgan fingerprint density at radius 2 is 2.00 bits per heavy atom. The zero-order chi connectivity index (χ0) is 20.2. The van der Waals surface area contributed by atoms with Crippen molar-refractivity contribution >= 4 is 40.3 Å². The number of nitrogens with one attached hydrogen (secondary N) is 1. The Labute approximate surface area is 181 Å². The monoisotopic (exact) mass is 427 g/mol. The first-order valence-corrected chi connectivity index (χ1v) is 11.6. The molecule has 0 spiro atoms. The van der Waals surface area contributed by atoms with Gasteiger partial charge in [-0.25, -0.2) is 4.98 Å². The number of nitrogens with zero attached hydrogens (tertiary/aromatic N) is 2. The zero-order valence-corrected chi connectivity index (χ0v) is 18.2. The molecule has 6 heteroatoms. The smallest absolute Gasteiger partial charge is 0.230 e. The maximum atomic E-state index is 12.6. The van der Waals surface area contributed by atoms with Crippen LogP contribution in [0.4, 0.5) is 0 Å². The maximum absolute atomic E-state index is 12.6. The average Bonchev–Trinajstić information content (AvgIpc) is 3.05. The second kappa shape index (κ2) is 9.23. The summed E-state index contributed by atoms with van der Waals surface area (Å²) >= 11 is 7.66. The minimum atomic E-state index is 0.0881. The molecular formula is C23H26ClN3OS. The Bertz CT molecular complexity index is 988. The van der Waals surface area contributed by atoms with Crippen LogP contribution in [0.15, 0.2) is 53.7 Å². The van der Waals surface area contributed by atoms with Gasteiger partial charge in [-0.1, -0.05) is 73.5 Å². The molecule has 1 aliphatic rings. The number of carbonyl (C=O) groups excluding carboxylic acids is 1. The SMILES string of the molecule is CC1CCCCC1NC(=O)CSc1nc2cc(Cl)ccc2n1Cc1ccccc1. The van der Waals surface area contributed by atoms with Crippen molar-refractivity contribution in [2.45, 2.75) is 50.4 Å². The summed E-state index contributed by atoms with van der Waals surface area (Å²) in [6.45, 7) is 2.95. The van der Waals surface area contributed by atoms with E-state index >= 15 is 0 Å². The predicted octanol–water partition coefficient (Wildman–Crippen LogP) is 5.53. The minimum Gasteiger partial charge on any atom is -0.352 e. The Morgan fingerprint density at radius 3 is 2.79 bits per heavy atom. The molecule has 152 valence electrons. The van der Waals surface area contributed by atoms with E-state index in [1.54, 1.807) is 0 Å². The van der Waals surface area contributed by atoms with Crippen molar-refractivity contribution in [1.29, 1.82) is 0 Å². The van der Waals surface area contributed by atoms with Crippen molar-refractivity contribution in [3.8, 4) is 0 Å². The minimum absolute atomic E-state index is 0.0881. The van der Waals surface area contributed by atoms with Gasteiger partial charge in [0.15, 0.2) is 5.16 Å². The molecule has 1 amide bonds. The van der Waals surface area contributed by atoms with E-state index in [0.717, 1.165) is 22.6 Å². The molecule has 4 nitrogen and oxygen atoms in total. The summed E-state index contributed by atoms with van der Waals surface area (Å²) in [5.41, 5.74) is 3.09. The van der Waals surface area contributed by atoms with Crippen LogP contribution in [0, 0.1) is 5.92 Å². The summed E-state index contributed by atoms with van der Waals surface area (Å²) in [6.07, 6.45) is 4.76. The standard InChI is InChI=1S/C23H26ClN3OS/c1-16-7-5-6-10-19(16)25-22(28)15-29-23-26-20-13-18(24)11-12-21(20)27(23)14-17-8-3-2-4-9-17/h2-4,8-9,11-13,16,19H,5-7,10,14-15H2,1H3,(H,25,28). The van der Waals surface area contributed by atoms with Gasteiger partial charge in [-0.3, -0.25) is 4.79 Å². The van der Waals surface area contributed by atoms with E-state index in [1.165, 1.54) is 36.6 Å². The lowest BCUT2D eigenvalue weighted by Gasteiger charge is -2.29. The Balaban J connectivity index is 1.51. The van der Waals surface area contributed by atoms with Crippen LogP contribution < -0.4 is 5.32 Å². The molecule has 2 unspecified atom stereocenters. The van der Waals surface area contributed by atoms with Crippen LogP contribution in [0.3, 0.4) is 0 Å². The highest BCUT2D eigenvalue weighted by molar-refractivity contribution is 7.99. The number of thioether (sulfide) groups is 1. The van der Waals surface area contributed by atoms with Gasteiger partial charge in [0, 0.05) is 11.1 Å². The third kappa shape index (κ3) is 4.96. The Morgan fingerprint density at radius 1 is 1.21 bits per heavy atom. The van der Waals surface area contributed by atoms with E-state index in [1.807, 2.05) is 36.4 Å². The number of amides is 1. The molecule has 29 heavy (non-hydrogen) atoms. The van der Waals surface area contributed by atoms with Gasteiger partial charge in [0.25, 0.3) is 0 Å². The van der Waals surface area contributed by atoms with Crippen LogP contribution in [0.5, 0.6) is 0 Å². The van der Waals surface area contributed by atoms with Crippen LogP contribution in [-0.4, -0.2) is 27.3 Å². The highest BCUT2D eigenvalue weighted by Crippen LogP contribution is 2.28. The van der Waals surface area contributed by atoms with Crippen LogP contribution in [-0.2, 0) is 11.3 Å². The predicted molar refractivity (Wildman–Crippen MR) is 121 cm³/mol. The van der Waals surface area contributed by atoms with Gasteiger partial charge >= 0.3 is 0 Å². The molecule has 4 rings (SSSR count). The Kier molecular flexibility index (Phi) is 6.46. The third-order valence-electron chi connectivity index (χ3n) is 5.65. The molecular weight excluding hydrogens is 402 g/mol. The molecule has 3 aromatic rings. The number of halogens is 1. The maximum Gasteiger partial charge on any atom is 0.230 e. The molecule has 1 aliphatic carbocycles. The van der Waals surface area contributed by atoms with Crippen LogP contribution in [0.25, 0.3) is 11.0 Å². The van der Waals surface area contributed by atoms with Gasteiger partial charge in [-0.15, -0.1) is 0 Å². The van der Waals surface area contributed by atoms with Gasteiger partial charge in [0.05, 0.1) is 23.3 Å². The molecule has 1 aromatic heterocycles. The fourth-order valence-electron chi connectivity index (χ4n) is 4.02. The largest absolute Gasteiger partial charge is 0.352 e. The number of benzene rings is 2. The second-order valence-electron chi connectivity index (χ2n) is 7.82. The molecule has 2 atom stereocenters. The van der Waals surface area contributed by atoms with Crippen molar-refractivity contribution in [1.82, 2.24) is 14.9 Å². The first kappa shape index (κ1) is 20.3. The molecule has 1 N–H and O–H groups in total. The van der Waals surface area contributed by atoms with Crippen molar-refractivity contribution in [2.24, 2.45) is 5.92 Å². The zero-order valence-electron chi connectivity index (χ0n) is 16.6. The lowest BCUT2D eigenvalue weighted by molar-refractivity contribution is -0.119. The van der Waals surface area contributed by atoms with Gasteiger partial charge in [0.1, 0.15) is 0 Å². The van der Waals surface area contributed by atoms with Crippen LogP contribution in [0.1, 0.15) is 38.2 Å². The molecule has 1 heterocycles. The van der Waals surface area contributed by atoms with Crippen LogP contribution in [0.2, 0.25) is 5.02 Å². The number of aromatic nitrogens is 2. The summed E-state index contributed by atoms with van der Waals surface area (Å²) in [4.78, 5) is 17.3. The molecule has 1 fully saturated rings. The lowest BCUT2D eigenvalue weighted by atomic mass is 9.86. The number of fused-ring (bicyclic) bond motifs is 1. The van der Waals surface area contributed by atoms with E-state index in [2.05, 4.69) is 28.9 Å². The first-order valence-electron chi connectivity index (χ1n) is 10.2. The summed E-state index contributed by atoms with van der Waals surface area (Å²) in [7, 11) is 0. The normalized spacial score (nSPS) is 19.4. The van der Waals surface area contributed by atoms with Crippen molar-refractivity contribution in [3.63, 3.8) is 0 Å². The molecule has 0 aliphatic heterocycles. The fourth-order valence-corrected chi connectivity index (χ4v) is 5.01. The van der Waals surface area contributed by atoms with Gasteiger partial charge in [0.2, 0.25) is 5.91 Å². The van der Waals surface area contributed by atoms with Gasteiger partial charge in [-0.2, -0.15) is 0 Å². The quantitative estimate of drug-likeness (QED) is 0.526. The van der Waals surface area contributed by atoms with Gasteiger partial charge in [-0.05, 0) is 42.5 Å². The molecule has 0 bridgehead atoms. The molecule has 1 saturated carbocycles. The number of carbonyl (C=O) groups is 1. The number of rotatable bonds is 6. The summed E-state index contributed by atoms with van der Waals surface area (Å²) in [6, 6.07) is 16.4. The molecule has 0 saturated heterocycles.